The van der Waals surface area contributed by atoms with E-state index in [1.165, 1.54) is 23.8 Å². The van der Waals surface area contributed by atoms with Crippen molar-refractivity contribution in [1.82, 2.24) is 0 Å². The molecule has 0 heterocycles. The Bertz CT molecular complexity index is 591. The molecule has 0 unspecified atom stereocenters. The van der Waals surface area contributed by atoms with Gasteiger partial charge in [-0.15, -0.1) is 0 Å². The SMILES string of the molecule is CCc1ccc(Oc2cc(Cl)ccc2C(=O)O)cc1. The van der Waals surface area contributed by atoms with Gasteiger partial charge >= 0.3 is 5.97 Å². The molecule has 0 aliphatic heterocycles. The third-order valence-electron chi connectivity index (χ3n) is 2.73. The van der Waals surface area contributed by atoms with Crippen LogP contribution < -0.4 is 4.74 Å². The number of aryl methyl sites for hydroxylation is 1. The summed E-state index contributed by atoms with van der Waals surface area (Å²) in [6, 6.07) is 12.0. The summed E-state index contributed by atoms with van der Waals surface area (Å²) < 4.78 is 5.59. The normalized spacial score (nSPS) is 10.2. The van der Waals surface area contributed by atoms with Gasteiger partial charge in [0.1, 0.15) is 17.1 Å². The van der Waals surface area contributed by atoms with Gasteiger partial charge in [-0.25, -0.2) is 4.79 Å². The van der Waals surface area contributed by atoms with Crippen LogP contribution in [-0.4, -0.2) is 11.1 Å². The van der Waals surface area contributed by atoms with Crippen molar-refractivity contribution in [1.29, 1.82) is 0 Å². The summed E-state index contributed by atoms with van der Waals surface area (Å²) in [5, 5.41) is 9.53. The maximum atomic E-state index is 11.1. The quantitative estimate of drug-likeness (QED) is 0.901. The predicted molar refractivity (Wildman–Crippen MR) is 74.3 cm³/mol. The maximum absolute atomic E-state index is 11.1. The number of carbonyl (C=O) groups is 1. The van der Waals surface area contributed by atoms with E-state index in [1.54, 1.807) is 0 Å². The summed E-state index contributed by atoms with van der Waals surface area (Å²) in [6.45, 7) is 2.06. The fourth-order valence-corrected chi connectivity index (χ4v) is 1.84. The molecule has 1 N–H and O–H groups in total. The molecule has 2 aromatic rings. The van der Waals surface area contributed by atoms with E-state index in [0.29, 0.717) is 10.8 Å². The molecule has 4 heteroatoms. The number of rotatable bonds is 4. The second-order valence-electron chi connectivity index (χ2n) is 4.05. The Kier molecular flexibility index (Phi) is 4.07. The number of halogens is 1. The minimum atomic E-state index is -1.04. The van der Waals surface area contributed by atoms with Crippen LogP contribution in [0.2, 0.25) is 5.02 Å². The van der Waals surface area contributed by atoms with Crippen molar-refractivity contribution < 1.29 is 14.6 Å². The van der Waals surface area contributed by atoms with Gasteiger partial charge in [0, 0.05) is 11.1 Å². The maximum Gasteiger partial charge on any atom is 0.339 e. The lowest BCUT2D eigenvalue weighted by molar-refractivity contribution is 0.0694. The van der Waals surface area contributed by atoms with Crippen molar-refractivity contribution in [3.8, 4) is 11.5 Å². The third kappa shape index (κ3) is 3.26. The molecule has 0 aromatic heterocycles. The summed E-state index contributed by atoms with van der Waals surface area (Å²) in [5.41, 5.74) is 1.28. The van der Waals surface area contributed by atoms with E-state index in [2.05, 4.69) is 6.92 Å². The number of carboxylic acids is 1. The molecule has 2 aromatic carbocycles. The second kappa shape index (κ2) is 5.76. The average Bonchev–Trinajstić information content (AvgIpc) is 2.39. The number of benzene rings is 2. The number of carboxylic acid groups (broad SMARTS) is 1. The topological polar surface area (TPSA) is 46.5 Å². The van der Waals surface area contributed by atoms with E-state index < -0.39 is 5.97 Å². The zero-order chi connectivity index (χ0) is 13.8. The van der Waals surface area contributed by atoms with Crippen molar-refractivity contribution in [2.45, 2.75) is 13.3 Å². The van der Waals surface area contributed by atoms with Gasteiger partial charge in [-0.1, -0.05) is 30.7 Å². The van der Waals surface area contributed by atoms with Gasteiger partial charge in [0.2, 0.25) is 0 Å². The van der Waals surface area contributed by atoms with Crippen LogP contribution in [-0.2, 0) is 6.42 Å². The fourth-order valence-electron chi connectivity index (χ4n) is 1.68. The van der Waals surface area contributed by atoms with Crippen molar-refractivity contribution in [2.75, 3.05) is 0 Å². The van der Waals surface area contributed by atoms with Crippen molar-refractivity contribution in [2.24, 2.45) is 0 Å². The highest BCUT2D eigenvalue weighted by Gasteiger charge is 2.12. The highest BCUT2D eigenvalue weighted by atomic mass is 35.5. The van der Waals surface area contributed by atoms with Crippen LogP contribution in [0.1, 0.15) is 22.8 Å². The van der Waals surface area contributed by atoms with Crippen LogP contribution in [0.4, 0.5) is 0 Å². The Morgan fingerprint density at radius 3 is 2.47 bits per heavy atom. The third-order valence-corrected chi connectivity index (χ3v) is 2.97. The first-order chi connectivity index (χ1) is 9.10. The highest BCUT2D eigenvalue weighted by Crippen LogP contribution is 2.28. The van der Waals surface area contributed by atoms with Gasteiger partial charge in [-0.2, -0.15) is 0 Å². The molecule has 19 heavy (non-hydrogen) atoms. The first-order valence-electron chi connectivity index (χ1n) is 5.90. The predicted octanol–water partition coefficient (Wildman–Crippen LogP) is 4.39. The fraction of sp³-hybridized carbons (Fsp3) is 0.133. The van der Waals surface area contributed by atoms with Crippen LogP contribution in [0.25, 0.3) is 0 Å². The van der Waals surface area contributed by atoms with Crippen LogP contribution in [0.3, 0.4) is 0 Å². The molecule has 0 bridgehead atoms. The molecule has 0 saturated heterocycles. The molecule has 0 atom stereocenters. The molecule has 0 spiro atoms. The minimum absolute atomic E-state index is 0.0870. The molecule has 0 amide bonds. The van der Waals surface area contributed by atoms with E-state index in [9.17, 15) is 4.79 Å². The lowest BCUT2D eigenvalue weighted by Crippen LogP contribution is -1.99. The van der Waals surface area contributed by atoms with Crippen LogP contribution in [0.15, 0.2) is 42.5 Å². The lowest BCUT2D eigenvalue weighted by Gasteiger charge is -2.09. The molecule has 3 nitrogen and oxygen atoms in total. The average molecular weight is 277 g/mol. The van der Waals surface area contributed by atoms with Crippen LogP contribution in [0, 0.1) is 0 Å². The molecule has 2 rings (SSSR count). The second-order valence-corrected chi connectivity index (χ2v) is 4.48. The molecule has 0 radical (unpaired) electrons. The largest absolute Gasteiger partial charge is 0.478 e. The van der Waals surface area contributed by atoms with Crippen molar-refractivity contribution in [3.63, 3.8) is 0 Å². The number of ether oxygens (including phenoxy) is 1. The smallest absolute Gasteiger partial charge is 0.339 e. The monoisotopic (exact) mass is 276 g/mol. The van der Waals surface area contributed by atoms with Gasteiger partial charge in [-0.3, -0.25) is 0 Å². The summed E-state index contributed by atoms with van der Waals surface area (Å²) in [4.78, 5) is 11.1. The summed E-state index contributed by atoms with van der Waals surface area (Å²) in [5.74, 6) is -0.219. The highest BCUT2D eigenvalue weighted by molar-refractivity contribution is 6.30. The van der Waals surface area contributed by atoms with E-state index in [1.807, 2.05) is 24.3 Å². The van der Waals surface area contributed by atoms with E-state index in [-0.39, 0.29) is 11.3 Å². The standard InChI is InChI=1S/C15H13ClO3/c1-2-10-3-6-12(7-4-10)19-14-9-11(16)5-8-13(14)15(17)18/h3-9H,2H2,1H3,(H,17,18). The number of hydrogen-bond donors (Lipinski definition) is 1. The Morgan fingerprint density at radius 1 is 1.21 bits per heavy atom. The van der Waals surface area contributed by atoms with E-state index in [4.69, 9.17) is 21.4 Å². The molecule has 0 saturated carbocycles. The molecule has 0 fully saturated rings. The van der Waals surface area contributed by atoms with Gasteiger partial charge < -0.3 is 9.84 Å². The molecule has 0 aliphatic rings. The summed E-state index contributed by atoms with van der Waals surface area (Å²) in [6.07, 6.45) is 0.942. The summed E-state index contributed by atoms with van der Waals surface area (Å²) in [7, 11) is 0. The van der Waals surface area contributed by atoms with Crippen molar-refractivity contribution >= 4 is 17.6 Å². The first kappa shape index (κ1) is 13.4. The van der Waals surface area contributed by atoms with Gasteiger partial charge in [-0.05, 0) is 36.2 Å². The molecule has 0 aliphatic carbocycles. The first-order valence-corrected chi connectivity index (χ1v) is 6.27. The zero-order valence-electron chi connectivity index (χ0n) is 10.4. The lowest BCUT2D eigenvalue weighted by atomic mass is 10.1. The Balaban J connectivity index is 2.31. The van der Waals surface area contributed by atoms with Gasteiger partial charge in [0.25, 0.3) is 0 Å². The Hall–Kier alpha value is -2.00. The Morgan fingerprint density at radius 2 is 1.89 bits per heavy atom. The minimum Gasteiger partial charge on any atom is -0.478 e. The molecular formula is C15H13ClO3. The Labute approximate surface area is 116 Å². The number of hydrogen-bond acceptors (Lipinski definition) is 2. The zero-order valence-corrected chi connectivity index (χ0v) is 11.1. The molecule has 98 valence electrons. The van der Waals surface area contributed by atoms with E-state index in [0.717, 1.165) is 6.42 Å². The van der Waals surface area contributed by atoms with Gasteiger partial charge in [0.05, 0.1) is 0 Å². The molecular weight excluding hydrogens is 264 g/mol. The van der Waals surface area contributed by atoms with Crippen LogP contribution >= 0.6 is 11.6 Å². The van der Waals surface area contributed by atoms with Gasteiger partial charge in [0.15, 0.2) is 0 Å². The van der Waals surface area contributed by atoms with Crippen LogP contribution in [0.5, 0.6) is 11.5 Å². The van der Waals surface area contributed by atoms with Crippen molar-refractivity contribution in [3.05, 3.63) is 58.6 Å². The van der Waals surface area contributed by atoms with E-state index >= 15 is 0 Å². The summed E-state index contributed by atoms with van der Waals surface area (Å²) >= 11 is 5.86. The number of aromatic carboxylic acids is 1.